The highest BCUT2D eigenvalue weighted by Crippen LogP contribution is 2.49. The van der Waals surface area contributed by atoms with Gasteiger partial charge >= 0.3 is 5.97 Å². The van der Waals surface area contributed by atoms with E-state index in [2.05, 4.69) is 48.8 Å². The number of thiophene rings is 1. The third-order valence-corrected chi connectivity index (χ3v) is 13.7. The highest BCUT2D eigenvalue weighted by Gasteiger charge is 2.29. The van der Waals surface area contributed by atoms with Crippen LogP contribution in [0.1, 0.15) is 59.1 Å². The molecule has 1 N–H and O–H groups in total. The summed E-state index contributed by atoms with van der Waals surface area (Å²) in [6.07, 6.45) is 4.56. The number of hydrogen-bond acceptors (Lipinski definition) is 12. The first-order valence-corrected chi connectivity index (χ1v) is 22.4. The van der Waals surface area contributed by atoms with Gasteiger partial charge in [0, 0.05) is 87.0 Å². The predicted molar refractivity (Wildman–Crippen MR) is 237 cm³/mol. The predicted octanol–water partition coefficient (Wildman–Crippen LogP) is 8.37. The molecule has 0 spiro atoms. The molecule has 2 saturated heterocycles. The number of fused-ring (bicyclic) bond motifs is 6. The molecule has 10 rings (SSSR count). The molecule has 0 radical (unpaired) electrons. The first-order chi connectivity index (χ1) is 30.2. The van der Waals surface area contributed by atoms with Gasteiger partial charge in [0.1, 0.15) is 35.4 Å². The summed E-state index contributed by atoms with van der Waals surface area (Å²) in [4.78, 5) is 40.4. The Hall–Kier alpha value is -5.09. The van der Waals surface area contributed by atoms with Crippen molar-refractivity contribution < 1.29 is 28.5 Å². The Bertz CT molecular complexity index is 2560. The first-order valence-electron chi connectivity index (χ1n) is 21.2. The van der Waals surface area contributed by atoms with Crippen molar-refractivity contribution in [2.75, 3.05) is 52.9 Å². The summed E-state index contributed by atoms with van der Waals surface area (Å²) in [6, 6.07) is 18.3. The smallest absolute Gasteiger partial charge is 0.345 e. The lowest BCUT2D eigenvalue weighted by atomic mass is 9.94. The summed E-state index contributed by atoms with van der Waals surface area (Å²) in [6.45, 7) is 9.75. The zero-order valence-corrected chi connectivity index (χ0v) is 36.4. The van der Waals surface area contributed by atoms with Gasteiger partial charge in [-0.05, 0) is 90.9 Å². The Morgan fingerprint density at radius 1 is 0.968 bits per heavy atom. The molecule has 4 bridgehead atoms. The van der Waals surface area contributed by atoms with Gasteiger partial charge in [0.05, 0.1) is 11.1 Å². The maximum Gasteiger partial charge on any atom is 0.345 e. The largest absolute Gasteiger partial charge is 0.487 e. The molecule has 4 aliphatic heterocycles. The fraction of sp³-hybridized carbons (Fsp3) is 0.383. The van der Waals surface area contributed by atoms with Gasteiger partial charge in [0.2, 0.25) is 12.0 Å². The molecule has 2 fully saturated rings. The summed E-state index contributed by atoms with van der Waals surface area (Å²) in [5, 5.41) is 12.0. The average molecular weight is 878 g/mol. The minimum absolute atomic E-state index is 0.0147. The van der Waals surface area contributed by atoms with Crippen molar-refractivity contribution in [3.05, 3.63) is 118 Å². The van der Waals surface area contributed by atoms with Crippen molar-refractivity contribution in [3.63, 3.8) is 0 Å². The minimum atomic E-state index is -1.35. The van der Waals surface area contributed by atoms with Crippen LogP contribution < -0.4 is 9.47 Å². The number of rotatable bonds is 9. The number of hydrogen-bond donors (Lipinski definition) is 1. The molecule has 0 amide bonds. The number of carboxylic acid groups (broad SMARTS) is 1. The van der Waals surface area contributed by atoms with E-state index in [1.807, 2.05) is 31.2 Å². The lowest BCUT2D eigenvalue weighted by molar-refractivity contribution is -0.145. The number of halogens is 2. The van der Waals surface area contributed by atoms with E-state index < -0.39 is 12.1 Å². The van der Waals surface area contributed by atoms with Crippen LogP contribution in [0.25, 0.3) is 31.8 Å². The van der Waals surface area contributed by atoms with Crippen molar-refractivity contribution in [2.45, 2.75) is 64.5 Å². The molecule has 3 aromatic carbocycles. The van der Waals surface area contributed by atoms with Crippen molar-refractivity contribution in [1.29, 1.82) is 0 Å². The van der Waals surface area contributed by atoms with Gasteiger partial charge in [-0.15, -0.1) is 11.3 Å². The molecule has 7 heterocycles. The molecule has 62 heavy (non-hydrogen) atoms. The number of benzene rings is 3. The van der Waals surface area contributed by atoms with E-state index >= 15 is 0 Å². The van der Waals surface area contributed by atoms with Crippen LogP contribution in [0.15, 0.2) is 73.2 Å². The van der Waals surface area contributed by atoms with E-state index in [1.165, 1.54) is 29.8 Å². The van der Waals surface area contributed by atoms with Gasteiger partial charge in [-0.3, -0.25) is 9.80 Å². The molecule has 0 aliphatic carbocycles. The number of nitrogens with zero attached hydrogens (tertiary/aromatic N) is 7. The number of aromatic nitrogens is 4. The van der Waals surface area contributed by atoms with Crippen molar-refractivity contribution in [2.24, 2.45) is 0 Å². The van der Waals surface area contributed by atoms with Gasteiger partial charge in [-0.2, -0.15) is 0 Å². The third kappa shape index (κ3) is 9.31. The molecule has 322 valence electrons. The van der Waals surface area contributed by atoms with Crippen LogP contribution in [0.4, 0.5) is 4.39 Å². The topological polar surface area (TPSA) is 126 Å². The molecule has 0 saturated carbocycles. The van der Waals surface area contributed by atoms with Crippen LogP contribution in [-0.2, 0) is 35.6 Å². The molecule has 15 heteroatoms. The SMILES string of the molecule is Cc1c2ccc(c1Cl)CN(CCN1CCN(C)CC1)Cc1ccc(OCc3ccnc(C4CCCCO4)n3)c(c1)C[C@H](C(=O)O)Oc1ncnc3sc(-c4ccc(F)cc4)c-2c13. The van der Waals surface area contributed by atoms with E-state index in [0.29, 0.717) is 57.8 Å². The monoisotopic (exact) mass is 877 g/mol. The van der Waals surface area contributed by atoms with Crippen molar-refractivity contribution in [3.8, 4) is 33.2 Å². The highest BCUT2D eigenvalue weighted by atomic mass is 35.5. The van der Waals surface area contributed by atoms with E-state index in [9.17, 15) is 14.3 Å². The summed E-state index contributed by atoms with van der Waals surface area (Å²) in [5.74, 6) is -0.216. The Morgan fingerprint density at radius 3 is 2.58 bits per heavy atom. The maximum absolute atomic E-state index is 14.2. The van der Waals surface area contributed by atoms with E-state index in [4.69, 9.17) is 30.8 Å². The van der Waals surface area contributed by atoms with E-state index in [0.717, 1.165) is 96.8 Å². The van der Waals surface area contributed by atoms with Gasteiger partial charge in [-0.25, -0.2) is 29.1 Å². The second kappa shape index (κ2) is 18.7. The third-order valence-electron chi connectivity index (χ3n) is 12.1. The van der Waals surface area contributed by atoms with Crippen LogP contribution in [0.2, 0.25) is 5.02 Å². The fourth-order valence-electron chi connectivity index (χ4n) is 8.55. The lowest BCUT2D eigenvalue weighted by Crippen LogP contribution is -2.46. The molecular weight excluding hydrogens is 829 g/mol. The number of aliphatic carboxylic acids is 1. The molecule has 4 aliphatic rings. The Balaban J connectivity index is 1.13. The molecule has 6 aromatic rings. The molecular formula is C47H49ClFN7O5S. The molecule has 1 unspecified atom stereocenters. The highest BCUT2D eigenvalue weighted by molar-refractivity contribution is 7.22. The van der Waals surface area contributed by atoms with E-state index in [-0.39, 0.29) is 30.8 Å². The zero-order chi connectivity index (χ0) is 42.7. The zero-order valence-electron chi connectivity index (χ0n) is 34.9. The summed E-state index contributed by atoms with van der Waals surface area (Å²) in [7, 11) is 2.16. The number of ether oxygens (including phenoxy) is 3. The molecule has 12 nitrogen and oxygen atoms in total. The average Bonchev–Trinajstić information content (AvgIpc) is 3.67. The van der Waals surface area contributed by atoms with Crippen molar-refractivity contribution >= 4 is 39.1 Å². The standard InChI is InChI=1S/C47H49ClFN7O5S/c1-29-36-12-9-32(42(29)48)26-56(21-20-55-18-16-54(2)17-19-55)25-30-6-13-37(60-27-35-14-15-50-44(53-35)38-5-3-4-22-59-38)33(23-30)24-39(47(57)58)61-45-41-40(36)43(62-46(41)52-28-51-45)31-7-10-34(49)11-8-31/h6-15,23,28,38-39H,3-5,16-22,24-27H2,1-2H3,(H,57,58)/t38?,39-/m1/s1. The summed E-state index contributed by atoms with van der Waals surface area (Å²) >= 11 is 8.78. The van der Waals surface area contributed by atoms with E-state index in [1.54, 1.807) is 18.3 Å². The Labute approximate surface area is 369 Å². The number of piperazine rings is 1. The summed E-state index contributed by atoms with van der Waals surface area (Å²) < 4.78 is 33.2. The quantitative estimate of drug-likeness (QED) is 0.150. The Morgan fingerprint density at radius 2 is 1.79 bits per heavy atom. The second-order valence-electron chi connectivity index (χ2n) is 16.4. The Kier molecular flexibility index (Phi) is 12.7. The maximum atomic E-state index is 14.2. The normalized spacial score (nSPS) is 19.1. The van der Waals surface area contributed by atoms with Gasteiger partial charge < -0.3 is 24.2 Å². The van der Waals surface area contributed by atoms with Gasteiger partial charge in [0.15, 0.2) is 5.82 Å². The van der Waals surface area contributed by atoms with Crippen LogP contribution >= 0.6 is 22.9 Å². The van der Waals surface area contributed by atoms with Crippen LogP contribution in [0.3, 0.4) is 0 Å². The van der Waals surface area contributed by atoms with Crippen LogP contribution in [0, 0.1) is 12.7 Å². The molecule has 2 atom stereocenters. The van der Waals surface area contributed by atoms with Gasteiger partial charge in [0.25, 0.3) is 0 Å². The van der Waals surface area contributed by atoms with Crippen LogP contribution in [0.5, 0.6) is 11.6 Å². The van der Waals surface area contributed by atoms with Gasteiger partial charge in [-0.1, -0.05) is 48.0 Å². The first kappa shape index (κ1) is 42.2. The minimum Gasteiger partial charge on any atom is -0.487 e. The number of carbonyl (C=O) groups is 1. The lowest BCUT2D eigenvalue weighted by Gasteiger charge is -2.34. The van der Waals surface area contributed by atoms with Crippen molar-refractivity contribution in [1.82, 2.24) is 34.6 Å². The number of likely N-dealkylation sites (N-methyl/N-ethyl adjacent to an activating group) is 1. The number of carboxylic acids is 1. The second-order valence-corrected chi connectivity index (χ2v) is 17.8. The summed E-state index contributed by atoms with van der Waals surface area (Å²) in [5.41, 5.74) is 6.56. The fourth-order valence-corrected chi connectivity index (χ4v) is 9.93. The van der Waals surface area contributed by atoms with Crippen LogP contribution in [-0.4, -0.2) is 105 Å². The molecule has 3 aromatic heterocycles.